The van der Waals surface area contributed by atoms with Gasteiger partial charge >= 0.3 is 0 Å². The van der Waals surface area contributed by atoms with Crippen molar-refractivity contribution in [1.82, 2.24) is 20.4 Å². The third kappa shape index (κ3) is 3.45. The number of nitrogens with one attached hydrogen (secondary N) is 1. The maximum atomic E-state index is 12.7. The van der Waals surface area contributed by atoms with Crippen molar-refractivity contribution >= 4 is 35.0 Å². The molecular weight excluding hydrogens is 379 g/mol. The highest BCUT2D eigenvalue weighted by molar-refractivity contribution is 6.42. The van der Waals surface area contributed by atoms with Crippen molar-refractivity contribution in [3.8, 4) is 11.6 Å². The van der Waals surface area contributed by atoms with Gasteiger partial charge in [0.25, 0.3) is 5.91 Å². The Morgan fingerprint density at radius 2 is 2.00 bits per heavy atom. The van der Waals surface area contributed by atoms with E-state index in [0.717, 1.165) is 0 Å². The van der Waals surface area contributed by atoms with Crippen LogP contribution in [-0.2, 0) is 4.79 Å². The molecule has 1 aromatic carbocycles. The van der Waals surface area contributed by atoms with Crippen LogP contribution in [0.15, 0.2) is 30.3 Å². The van der Waals surface area contributed by atoms with Crippen molar-refractivity contribution in [3.63, 3.8) is 0 Å². The number of aromatic nitrogens is 2. The number of nitrogens with zero attached hydrogens (tertiary/aromatic N) is 3. The Kier molecular flexibility index (Phi) is 5.02. The molecule has 1 aromatic heterocycles. The number of hydrogen-bond donors (Lipinski definition) is 1. The molecule has 1 saturated heterocycles. The number of amides is 2. The second kappa shape index (κ2) is 7.09. The van der Waals surface area contributed by atoms with Crippen LogP contribution in [0.25, 0.3) is 0 Å². The Hall–Kier alpha value is -2.38. The molecule has 26 heavy (non-hydrogen) atoms. The van der Waals surface area contributed by atoms with E-state index >= 15 is 0 Å². The number of hydrogen-bond acceptors (Lipinski definition) is 5. The number of carbonyl (C=O) groups excluding carboxylic acids is 2. The number of piperazine rings is 1. The monoisotopic (exact) mass is 394 g/mol. The van der Waals surface area contributed by atoms with Crippen molar-refractivity contribution in [3.05, 3.63) is 46.1 Å². The lowest BCUT2D eigenvalue weighted by molar-refractivity contribution is -0.133. The predicted molar refractivity (Wildman–Crippen MR) is 96.7 cm³/mol. The Bertz CT molecular complexity index is 856. The summed E-state index contributed by atoms with van der Waals surface area (Å²) >= 11 is 12.0. The molecule has 3 rings (SSSR count). The SMILES string of the molecule is CC1(C)C(=O)NCCN1C(=O)c1ccc(Oc2cccc(Cl)c2Cl)nn1. The maximum absolute atomic E-state index is 12.7. The smallest absolute Gasteiger partial charge is 0.275 e. The fraction of sp³-hybridized carbons (Fsp3) is 0.294. The minimum absolute atomic E-state index is 0.123. The van der Waals surface area contributed by atoms with Crippen LogP contribution < -0.4 is 10.1 Å². The zero-order valence-corrected chi connectivity index (χ0v) is 15.6. The van der Waals surface area contributed by atoms with Crippen LogP contribution in [0.1, 0.15) is 24.3 Å². The molecule has 1 fully saturated rings. The average Bonchev–Trinajstić information content (AvgIpc) is 2.61. The number of halogens is 2. The minimum atomic E-state index is -0.958. The standard InChI is InChI=1S/C17H16Cl2N4O3/c1-17(2)16(25)20-8-9-23(17)15(24)11-6-7-13(22-21-11)26-12-5-3-4-10(18)14(12)19/h3-7H,8-9H2,1-2H3,(H,20,25). The summed E-state index contributed by atoms with van der Waals surface area (Å²) in [7, 11) is 0. The van der Waals surface area contributed by atoms with Crippen molar-refractivity contribution in [1.29, 1.82) is 0 Å². The van der Waals surface area contributed by atoms with E-state index in [1.54, 1.807) is 32.0 Å². The maximum Gasteiger partial charge on any atom is 0.275 e. The summed E-state index contributed by atoms with van der Waals surface area (Å²) in [4.78, 5) is 26.2. The van der Waals surface area contributed by atoms with Crippen LogP contribution >= 0.6 is 23.2 Å². The number of rotatable bonds is 3. The molecule has 0 spiro atoms. The summed E-state index contributed by atoms with van der Waals surface area (Å²) in [6.07, 6.45) is 0. The minimum Gasteiger partial charge on any atom is -0.436 e. The first-order valence-corrected chi connectivity index (χ1v) is 8.62. The van der Waals surface area contributed by atoms with Crippen LogP contribution in [0.3, 0.4) is 0 Å². The molecule has 136 valence electrons. The van der Waals surface area contributed by atoms with E-state index in [2.05, 4.69) is 15.5 Å². The van der Waals surface area contributed by atoms with Gasteiger partial charge in [0, 0.05) is 19.2 Å². The highest BCUT2D eigenvalue weighted by atomic mass is 35.5. The van der Waals surface area contributed by atoms with E-state index in [9.17, 15) is 9.59 Å². The topological polar surface area (TPSA) is 84.4 Å². The molecule has 2 heterocycles. The van der Waals surface area contributed by atoms with Gasteiger partial charge in [0.15, 0.2) is 5.69 Å². The summed E-state index contributed by atoms with van der Waals surface area (Å²) in [5.41, 5.74) is -0.835. The summed E-state index contributed by atoms with van der Waals surface area (Å²) in [5.74, 6) is -0.0759. The third-order valence-corrected chi connectivity index (χ3v) is 4.89. The molecule has 7 nitrogen and oxygen atoms in total. The fourth-order valence-corrected chi connectivity index (χ4v) is 2.89. The van der Waals surface area contributed by atoms with Crippen molar-refractivity contribution in [2.45, 2.75) is 19.4 Å². The van der Waals surface area contributed by atoms with E-state index in [1.165, 1.54) is 17.0 Å². The van der Waals surface area contributed by atoms with Gasteiger partial charge in [-0.25, -0.2) is 0 Å². The highest BCUT2D eigenvalue weighted by Gasteiger charge is 2.41. The zero-order chi connectivity index (χ0) is 18.9. The molecule has 2 aromatic rings. The van der Waals surface area contributed by atoms with Gasteiger partial charge in [-0.05, 0) is 32.0 Å². The summed E-state index contributed by atoms with van der Waals surface area (Å²) < 4.78 is 5.55. The first-order chi connectivity index (χ1) is 12.3. The van der Waals surface area contributed by atoms with Crippen LogP contribution in [-0.4, -0.2) is 45.5 Å². The molecule has 1 aliphatic rings. The highest BCUT2D eigenvalue weighted by Crippen LogP contribution is 2.33. The molecule has 0 unspecified atom stereocenters. The van der Waals surface area contributed by atoms with Gasteiger partial charge in [-0.3, -0.25) is 9.59 Å². The van der Waals surface area contributed by atoms with Gasteiger partial charge in [0.2, 0.25) is 11.8 Å². The van der Waals surface area contributed by atoms with E-state index in [4.69, 9.17) is 27.9 Å². The molecule has 9 heteroatoms. The first kappa shape index (κ1) is 18.4. The largest absolute Gasteiger partial charge is 0.436 e. The zero-order valence-electron chi connectivity index (χ0n) is 14.1. The van der Waals surface area contributed by atoms with Gasteiger partial charge in [-0.15, -0.1) is 10.2 Å². The Labute approximate surface area is 160 Å². The molecule has 2 amide bonds. The molecule has 1 aliphatic heterocycles. The Morgan fingerprint density at radius 3 is 2.69 bits per heavy atom. The first-order valence-electron chi connectivity index (χ1n) is 7.86. The molecule has 0 radical (unpaired) electrons. The Balaban J connectivity index is 1.78. The molecule has 0 aliphatic carbocycles. The second-order valence-electron chi connectivity index (χ2n) is 6.18. The Morgan fingerprint density at radius 1 is 1.23 bits per heavy atom. The lowest BCUT2D eigenvalue weighted by Gasteiger charge is -2.40. The fourth-order valence-electron chi connectivity index (χ4n) is 2.56. The lowest BCUT2D eigenvalue weighted by Crippen LogP contribution is -2.63. The summed E-state index contributed by atoms with van der Waals surface area (Å²) in [6.45, 7) is 4.17. The average molecular weight is 395 g/mol. The van der Waals surface area contributed by atoms with Crippen LogP contribution in [0.2, 0.25) is 10.0 Å². The number of ether oxygens (including phenoxy) is 1. The van der Waals surface area contributed by atoms with Crippen LogP contribution in [0.4, 0.5) is 0 Å². The van der Waals surface area contributed by atoms with Gasteiger partial charge in [-0.2, -0.15) is 0 Å². The van der Waals surface area contributed by atoms with Gasteiger partial charge in [-0.1, -0.05) is 29.3 Å². The number of carbonyl (C=O) groups is 2. The van der Waals surface area contributed by atoms with Crippen LogP contribution in [0, 0.1) is 0 Å². The van der Waals surface area contributed by atoms with Gasteiger partial charge in [0.05, 0.1) is 5.02 Å². The van der Waals surface area contributed by atoms with Crippen molar-refractivity contribution < 1.29 is 14.3 Å². The van der Waals surface area contributed by atoms with E-state index in [0.29, 0.717) is 23.9 Å². The van der Waals surface area contributed by atoms with Crippen molar-refractivity contribution in [2.24, 2.45) is 0 Å². The molecular formula is C17H16Cl2N4O3. The van der Waals surface area contributed by atoms with E-state index < -0.39 is 5.54 Å². The van der Waals surface area contributed by atoms with E-state index in [-0.39, 0.29) is 28.4 Å². The van der Waals surface area contributed by atoms with Crippen LogP contribution in [0.5, 0.6) is 11.6 Å². The number of benzene rings is 1. The van der Waals surface area contributed by atoms with E-state index in [1.807, 2.05) is 0 Å². The van der Waals surface area contributed by atoms with Gasteiger partial charge < -0.3 is 15.0 Å². The predicted octanol–water partition coefficient (Wildman–Crippen LogP) is 2.93. The molecule has 0 saturated carbocycles. The molecule has 0 atom stereocenters. The lowest BCUT2D eigenvalue weighted by atomic mass is 9.98. The normalized spacial score (nSPS) is 16.2. The summed E-state index contributed by atoms with van der Waals surface area (Å²) in [5, 5.41) is 11.2. The van der Waals surface area contributed by atoms with Gasteiger partial charge in [0.1, 0.15) is 16.3 Å². The quantitative estimate of drug-likeness (QED) is 0.864. The van der Waals surface area contributed by atoms with Crippen molar-refractivity contribution in [2.75, 3.05) is 13.1 Å². The summed E-state index contributed by atoms with van der Waals surface area (Å²) in [6, 6.07) is 7.98. The second-order valence-corrected chi connectivity index (χ2v) is 6.97. The molecule has 1 N–H and O–H groups in total. The molecule has 0 bridgehead atoms. The third-order valence-electron chi connectivity index (χ3n) is 4.09.